The van der Waals surface area contributed by atoms with Crippen LogP contribution in [-0.2, 0) is 32.1 Å². The molecule has 2 aliphatic rings. The van der Waals surface area contributed by atoms with Gasteiger partial charge in [0, 0.05) is 0 Å². The van der Waals surface area contributed by atoms with Crippen LogP contribution in [0.5, 0.6) is 0 Å². The Morgan fingerprint density at radius 3 is 1.74 bits per heavy atom. The monoisotopic (exact) mass is 674 g/mol. The fourth-order valence-electron chi connectivity index (χ4n) is 6.42. The summed E-state index contributed by atoms with van der Waals surface area (Å²) < 4.78 is 2.86. The van der Waals surface area contributed by atoms with Gasteiger partial charge in [0.2, 0.25) is 0 Å². The molecule has 2 aliphatic carbocycles. The maximum Gasteiger partial charge on any atom is -1.00 e. The molecule has 0 atom stereocenters. The van der Waals surface area contributed by atoms with Gasteiger partial charge in [-0.25, -0.2) is 0 Å². The first-order chi connectivity index (χ1) is 19.1. The molecule has 0 unspecified atom stereocenters. The first kappa shape index (κ1) is 34.7. The van der Waals surface area contributed by atoms with Crippen molar-refractivity contribution < 1.29 is 46.1 Å². The molecule has 0 aliphatic heterocycles. The van der Waals surface area contributed by atoms with Crippen molar-refractivity contribution in [1.82, 2.24) is 0 Å². The third-order valence-electron chi connectivity index (χ3n) is 8.72. The minimum atomic E-state index is -2.47. The molecule has 0 fully saturated rings. The summed E-state index contributed by atoms with van der Waals surface area (Å²) in [7, 11) is 0. The van der Waals surface area contributed by atoms with Crippen LogP contribution >= 0.6 is 0 Å². The molecule has 0 radical (unpaired) electrons. The van der Waals surface area contributed by atoms with Gasteiger partial charge in [0.05, 0.1) is 0 Å². The molecule has 42 heavy (non-hydrogen) atoms. The second-order valence-electron chi connectivity index (χ2n) is 13.7. The van der Waals surface area contributed by atoms with Gasteiger partial charge in [-0.05, 0) is 0 Å². The van der Waals surface area contributed by atoms with Crippen LogP contribution in [0.25, 0.3) is 11.1 Å². The molecular weight excluding hydrogens is 631 g/mol. The van der Waals surface area contributed by atoms with Gasteiger partial charge in [-0.3, -0.25) is 0 Å². The molecule has 0 spiro atoms. The zero-order valence-corrected chi connectivity index (χ0v) is 30.2. The van der Waals surface area contributed by atoms with Crippen molar-refractivity contribution in [2.24, 2.45) is 0 Å². The number of hydrogen-bond donors (Lipinski definition) is 0. The van der Waals surface area contributed by atoms with E-state index in [1.54, 1.807) is 14.3 Å². The zero-order valence-electron chi connectivity index (χ0n) is 26.2. The summed E-state index contributed by atoms with van der Waals surface area (Å²) in [6.45, 7) is 18.1. The molecular formula is C39H46Cl2Zr. The summed E-state index contributed by atoms with van der Waals surface area (Å²) in [6.07, 6.45) is 16.5. The van der Waals surface area contributed by atoms with Crippen molar-refractivity contribution in [2.75, 3.05) is 0 Å². The minimum Gasteiger partial charge on any atom is -1.00 e. The van der Waals surface area contributed by atoms with Crippen molar-refractivity contribution in [3.8, 4) is 11.1 Å². The molecule has 5 rings (SSSR count). The summed E-state index contributed by atoms with van der Waals surface area (Å²) in [5.74, 6) is 0. The zero-order chi connectivity index (χ0) is 28.5. The van der Waals surface area contributed by atoms with E-state index in [1.165, 1.54) is 47.1 Å². The second-order valence-corrected chi connectivity index (χ2v) is 20.4. The van der Waals surface area contributed by atoms with E-state index in [1.807, 2.05) is 0 Å². The summed E-state index contributed by atoms with van der Waals surface area (Å²) in [5.41, 5.74) is 10.8. The molecule has 0 heterocycles. The fraction of sp³-hybridized carbons (Fsp3) is 0.359. The van der Waals surface area contributed by atoms with Gasteiger partial charge in [0.15, 0.2) is 0 Å². The Morgan fingerprint density at radius 1 is 0.738 bits per heavy atom. The first-order valence-electron chi connectivity index (χ1n) is 15.1. The number of hydrogen-bond acceptors (Lipinski definition) is 0. The van der Waals surface area contributed by atoms with Crippen LogP contribution < -0.4 is 24.8 Å². The molecule has 0 nitrogen and oxygen atoms in total. The minimum absolute atomic E-state index is 0. The van der Waals surface area contributed by atoms with Crippen LogP contribution in [0.4, 0.5) is 0 Å². The third-order valence-corrected chi connectivity index (χ3v) is 17.5. The average Bonchev–Trinajstić information content (AvgIpc) is 3.56. The number of fused-ring (bicyclic) bond motifs is 3. The Hall–Kier alpha value is -1.79. The summed E-state index contributed by atoms with van der Waals surface area (Å²) in [4.78, 5) is 0. The predicted octanol–water partition coefficient (Wildman–Crippen LogP) is 4.86. The van der Waals surface area contributed by atoms with Crippen molar-refractivity contribution in [3.63, 3.8) is 0 Å². The number of benzene rings is 3. The largest absolute Gasteiger partial charge is 1.00 e. The number of allylic oxidation sites excluding steroid dienone is 5. The number of halogens is 2. The fourth-order valence-corrected chi connectivity index (χ4v) is 16.0. The van der Waals surface area contributed by atoms with Crippen molar-refractivity contribution in [1.29, 1.82) is 0 Å². The molecule has 0 aromatic heterocycles. The molecule has 3 aromatic rings. The van der Waals surface area contributed by atoms with Crippen LogP contribution in [0.3, 0.4) is 0 Å². The van der Waals surface area contributed by atoms with E-state index < -0.39 is 21.3 Å². The number of rotatable bonds is 8. The van der Waals surface area contributed by atoms with E-state index in [-0.39, 0.29) is 35.6 Å². The number of unbranched alkanes of at least 4 members (excludes halogenated alkanes) is 2. The normalized spacial score (nSPS) is 14.6. The van der Waals surface area contributed by atoms with E-state index in [4.69, 9.17) is 0 Å². The summed E-state index contributed by atoms with van der Waals surface area (Å²) in [6, 6.07) is 26.3. The quantitative estimate of drug-likeness (QED) is 0.237. The molecule has 0 N–H and O–H groups in total. The van der Waals surface area contributed by atoms with Gasteiger partial charge < -0.3 is 24.8 Å². The van der Waals surface area contributed by atoms with Gasteiger partial charge in [0.1, 0.15) is 0 Å². The first-order valence-corrected chi connectivity index (χ1v) is 19.2. The molecule has 3 heteroatoms. The molecule has 0 saturated heterocycles. The third kappa shape index (κ3) is 7.29. The average molecular weight is 677 g/mol. The van der Waals surface area contributed by atoms with Crippen molar-refractivity contribution in [2.45, 2.75) is 85.3 Å². The Labute approximate surface area is 275 Å². The van der Waals surface area contributed by atoms with Gasteiger partial charge in [0.25, 0.3) is 0 Å². The van der Waals surface area contributed by atoms with Gasteiger partial charge in [-0.15, -0.1) is 0 Å². The SMILES string of the molecule is C=CCCCC[C](c1ccccc1)=[Zr+2]([CH]1C=CC=C1)[CH]1c2cc(C(C)(C)C)ccc2-c2ccc(C(C)(C)C)cc21.[Cl-].[Cl-]. The molecule has 3 aromatic carbocycles. The Balaban J connectivity index is 0.00000242. The summed E-state index contributed by atoms with van der Waals surface area (Å²) in [5, 5.41) is 0. The Bertz CT molecular complexity index is 1400. The van der Waals surface area contributed by atoms with Crippen LogP contribution in [0.2, 0.25) is 3.63 Å². The van der Waals surface area contributed by atoms with E-state index >= 15 is 0 Å². The predicted molar refractivity (Wildman–Crippen MR) is 172 cm³/mol. The second kappa shape index (κ2) is 14.3. The maximum atomic E-state index is 3.99. The standard InChI is InChI=1S/C21H25.C13H16.C5H5.2ClH.Zr/c1-20(2,3)16-7-9-18-14(12-16)11-15-13-17(21(4,5)6)8-10-19(15)18;1-2-3-4-5-7-10-13-11-8-6-9-12-13;1-2-4-5-3-1;;;/h7-13H,1-6H3;2,6,8-9,11-12H,1,3-5,7H2;1-5H;2*1H;/q;;;;;+2/p-2. The van der Waals surface area contributed by atoms with Gasteiger partial charge in [-0.1, -0.05) is 0 Å². The van der Waals surface area contributed by atoms with Gasteiger partial charge in [-0.2, -0.15) is 0 Å². The van der Waals surface area contributed by atoms with Crippen LogP contribution in [0.1, 0.15) is 98.7 Å². The van der Waals surface area contributed by atoms with E-state index in [0.717, 1.165) is 6.42 Å². The van der Waals surface area contributed by atoms with E-state index in [0.29, 0.717) is 7.25 Å². The maximum absolute atomic E-state index is 3.99. The Morgan fingerprint density at radius 2 is 1.26 bits per heavy atom. The van der Waals surface area contributed by atoms with Crippen LogP contribution in [-0.4, -0.2) is 3.21 Å². The molecule has 0 saturated carbocycles. The smallest absolute Gasteiger partial charge is 1.00 e. The molecule has 0 amide bonds. The van der Waals surface area contributed by atoms with Crippen molar-refractivity contribution >= 4 is 3.21 Å². The van der Waals surface area contributed by atoms with Crippen LogP contribution in [0, 0.1) is 0 Å². The van der Waals surface area contributed by atoms with Crippen molar-refractivity contribution in [3.05, 3.63) is 132 Å². The van der Waals surface area contributed by atoms with E-state index in [2.05, 4.69) is 145 Å². The van der Waals surface area contributed by atoms with Crippen LogP contribution in [0.15, 0.2) is 104 Å². The molecule has 220 valence electrons. The van der Waals surface area contributed by atoms with E-state index in [9.17, 15) is 0 Å². The van der Waals surface area contributed by atoms with Gasteiger partial charge >= 0.3 is 252 Å². The summed E-state index contributed by atoms with van der Waals surface area (Å²) >= 11 is -2.47. The topological polar surface area (TPSA) is 0 Å². The Kier molecular flexibility index (Phi) is 11.8. The molecule has 0 bridgehead atoms.